The Morgan fingerprint density at radius 3 is 2.43 bits per heavy atom. The molecule has 1 fully saturated rings. The molecule has 0 aromatic heterocycles. The molecule has 1 aliphatic rings. The van der Waals surface area contributed by atoms with Crippen molar-refractivity contribution in [2.45, 2.75) is 44.4 Å². The number of hydrogen-bond donors (Lipinski definition) is 5. The molecular formula is C11H24NO8P. The van der Waals surface area contributed by atoms with Crippen LogP contribution >= 0.6 is 7.82 Å². The van der Waals surface area contributed by atoms with Gasteiger partial charge in [-0.15, -0.1) is 0 Å². The Labute approximate surface area is 123 Å². The Hall–Kier alpha value is -0.0900. The van der Waals surface area contributed by atoms with Crippen molar-refractivity contribution < 1.29 is 38.6 Å². The van der Waals surface area contributed by atoms with Gasteiger partial charge in [-0.25, -0.2) is 4.57 Å². The van der Waals surface area contributed by atoms with Crippen molar-refractivity contribution in [3.8, 4) is 0 Å². The van der Waals surface area contributed by atoms with Crippen molar-refractivity contribution in [1.29, 1.82) is 0 Å². The van der Waals surface area contributed by atoms with Gasteiger partial charge in [0, 0.05) is 6.54 Å². The standard InChI is InChI=1S/C11H24NO8P/c1-6(2)10-11(20-21(16,17)18-4-3-12)9(15)8(14)7(5-13)19-10/h6-11,13-15H,3-5,12H2,1-2H3,(H,16,17). The van der Waals surface area contributed by atoms with Crippen molar-refractivity contribution in [2.24, 2.45) is 11.7 Å². The van der Waals surface area contributed by atoms with Crippen LogP contribution in [0.5, 0.6) is 0 Å². The predicted molar refractivity (Wildman–Crippen MR) is 72.3 cm³/mol. The fourth-order valence-electron chi connectivity index (χ4n) is 2.13. The average molecular weight is 329 g/mol. The summed E-state index contributed by atoms with van der Waals surface area (Å²) in [6.07, 6.45) is -5.98. The molecule has 0 aromatic rings. The molecule has 9 nitrogen and oxygen atoms in total. The molecule has 6 N–H and O–H groups in total. The van der Waals surface area contributed by atoms with Gasteiger partial charge in [-0.1, -0.05) is 13.8 Å². The van der Waals surface area contributed by atoms with E-state index < -0.39 is 44.9 Å². The van der Waals surface area contributed by atoms with E-state index in [0.717, 1.165) is 0 Å². The van der Waals surface area contributed by atoms with Gasteiger partial charge in [0.25, 0.3) is 0 Å². The topological polar surface area (TPSA) is 152 Å². The fourth-order valence-corrected chi connectivity index (χ4v) is 3.08. The minimum Gasteiger partial charge on any atom is -0.394 e. The fraction of sp³-hybridized carbons (Fsp3) is 1.00. The molecule has 0 bridgehead atoms. The molecule has 0 aromatic carbocycles. The van der Waals surface area contributed by atoms with E-state index in [1.54, 1.807) is 13.8 Å². The lowest BCUT2D eigenvalue weighted by Gasteiger charge is -2.43. The summed E-state index contributed by atoms with van der Waals surface area (Å²) in [5.74, 6) is -0.194. The van der Waals surface area contributed by atoms with Crippen LogP contribution in [0.1, 0.15) is 13.8 Å². The normalized spacial score (nSPS) is 36.7. The zero-order valence-corrected chi connectivity index (χ0v) is 12.9. The third-order valence-corrected chi connectivity index (χ3v) is 4.21. The molecule has 1 aliphatic heterocycles. The number of hydrogen-bond acceptors (Lipinski definition) is 8. The minimum atomic E-state index is -4.44. The van der Waals surface area contributed by atoms with E-state index in [-0.39, 0.29) is 19.1 Å². The Bertz CT molecular complexity index is 368. The molecule has 6 unspecified atom stereocenters. The zero-order valence-electron chi connectivity index (χ0n) is 12.0. The van der Waals surface area contributed by atoms with Crippen LogP contribution in [-0.2, 0) is 18.3 Å². The van der Waals surface area contributed by atoms with Crippen molar-refractivity contribution in [3.05, 3.63) is 0 Å². The number of phosphoric acid groups is 1. The van der Waals surface area contributed by atoms with Crippen LogP contribution in [0.15, 0.2) is 0 Å². The maximum absolute atomic E-state index is 11.8. The highest BCUT2D eigenvalue weighted by molar-refractivity contribution is 7.47. The molecule has 1 saturated heterocycles. The molecule has 21 heavy (non-hydrogen) atoms. The summed E-state index contributed by atoms with van der Waals surface area (Å²) in [5, 5.41) is 29.0. The smallest absolute Gasteiger partial charge is 0.394 e. The van der Waals surface area contributed by atoms with Gasteiger partial charge in [0.15, 0.2) is 0 Å². The third-order valence-electron chi connectivity index (χ3n) is 3.19. The van der Waals surface area contributed by atoms with E-state index in [4.69, 9.17) is 20.1 Å². The molecule has 0 aliphatic carbocycles. The lowest BCUT2D eigenvalue weighted by molar-refractivity contribution is -0.235. The first kappa shape index (κ1) is 19.0. The summed E-state index contributed by atoms with van der Waals surface area (Å²) < 4.78 is 26.8. The van der Waals surface area contributed by atoms with Gasteiger partial charge >= 0.3 is 7.82 Å². The van der Waals surface area contributed by atoms with Gasteiger partial charge in [-0.3, -0.25) is 9.05 Å². The van der Waals surface area contributed by atoms with Gasteiger partial charge in [-0.2, -0.15) is 0 Å². The van der Waals surface area contributed by atoms with Gasteiger partial charge < -0.3 is 30.7 Å². The maximum atomic E-state index is 11.8. The molecule has 126 valence electrons. The molecule has 0 radical (unpaired) electrons. The average Bonchev–Trinajstić information content (AvgIpc) is 2.41. The maximum Gasteiger partial charge on any atom is 0.472 e. The molecule has 0 saturated carbocycles. The SMILES string of the molecule is CC(C)C1OC(CO)C(O)C(O)C1OP(=O)(O)OCCN. The van der Waals surface area contributed by atoms with Crippen LogP contribution in [0, 0.1) is 5.92 Å². The highest BCUT2D eigenvalue weighted by atomic mass is 31.2. The first-order chi connectivity index (χ1) is 9.73. The second-order valence-electron chi connectivity index (χ2n) is 5.21. The van der Waals surface area contributed by atoms with Crippen LogP contribution in [0.3, 0.4) is 0 Å². The van der Waals surface area contributed by atoms with Crippen LogP contribution in [-0.4, -0.2) is 70.5 Å². The minimum absolute atomic E-state index is 0.0282. The van der Waals surface area contributed by atoms with Crippen molar-refractivity contribution in [2.75, 3.05) is 19.8 Å². The van der Waals surface area contributed by atoms with E-state index >= 15 is 0 Å². The number of aliphatic hydroxyl groups excluding tert-OH is 3. The number of ether oxygens (including phenoxy) is 1. The molecule has 6 atom stereocenters. The van der Waals surface area contributed by atoms with Gasteiger partial charge in [0.05, 0.1) is 19.3 Å². The second kappa shape index (κ2) is 7.96. The van der Waals surface area contributed by atoms with Gasteiger partial charge in [0.1, 0.15) is 24.4 Å². The predicted octanol–water partition coefficient (Wildman–Crippen LogP) is -1.42. The number of nitrogens with two attached hydrogens (primary N) is 1. The third kappa shape index (κ3) is 4.95. The summed E-state index contributed by atoms with van der Waals surface area (Å²) in [5.41, 5.74) is 5.18. The summed E-state index contributed by atoms with van der Waals surface area (Å²) in [7, 11) is -4.44. The molecule has 10 heteroatoms. The largest absolute Gasteiger partial charge is 0.472 e. The van der Waals surface area contributed by atoms with E-state index in [1.807, 2.05) is 0 Å². The zero-order chi connectivity index (χ0) is 16.2. The summed E-state index contributed by atoms with van der Waals surface area (Å²) >= 11 is 0. The molecule has 0 amide bonds. The van der Waals surface area contributed by atoms with Crippen molar-refractivity contribution >= 4 is 7.82 Å². The van der Waals surface area contributed by atoms with Gasteiger partial charge in [0.2, 0.25) is 0 Å². The number of rotatable bonds is 7. The van der Waals surface area contributed by atoms with Gasteiger partial charge in [-0.05, 0) is 5.92 Å². The molecule has 1 rings (SSSR count). The highest BCUT2D eigenvalue weighted by Gasteiger charge is 2.48. The molecular weight excluding hydrogens is 305 g/mol. The van der Waals surface area contributed by atoms with E-state index in [1.165, 1.54) is 0 Å². The monoisotopic (exact) mass is 329 g/mol. The molecule has 0 spiro atoms. The molecule has 1 heterocycles. The lowest BCUT2D eigenvalue weighted by atomic mass is 9.89. The summed E-state index contributed by atoms with van der Waals surface area (Å²) in [4.78, 5) is 9.58. The Kier molecular flexibility index (Phi) is 7.18. The number of aliphatic hydroxyl groups is 3. The van der Waals surface area contributed by atoms with Crippen molar-refractivity contribution in [1.82, 2.24) is 0 Å². The van der Waals surface area contributed by atoms with Crippen LogP contribution in [0.25, 0.3) is 0 Å². The Morgan fingerprint density at radius 1 is 1.33 bits per heavy atom. The highest BCUT2D eigenvalue weighted by Crippen LogP contribution is 2.47. The van der Waals surface area contributed by atoms with Crippen LogP contribution in [0.2, 0.25) is 0 Å². The first-order valence-electron chi connectivity index (χ1n) is 6.71. The lowest BCUT2D eigenvalue weighted by Crippen LogP contribution is -2.60. The first-order valence-corrected chi connectivity index (χ1v) is 8.21. The summed E-state index contributed by atoms with van der Waals surface area (Å²) in [6, 6.07) is 0. The van der Waals surface area contributed by atoms with E-state index in [2.05, 4.69) is 4.52 Å². The van der Waals surface area contributed by atoms with Crippen LogP contribution < -0.4 is 5.73 Å². The van der Waals surface area contributed by atoms with Crippen LogP contribution in [0.4, 0.5) is 0 Å². The second-order valence-corrected chi connectivity index (χ2v) is 6.61. The van der Waals surface area contributed by atoms with E-state index in [0.29, 0.717) is 0 Å². The number of phosphoric ester groups is 1. The summed E-state index contributed by atoms with van der Waals surface area (Å²) in [6.45, 7) is 2.85. The quantitative estimate of drug-likeness (QED) is 0.354. The Balaban J connectivity index is 2.87. The Morgan fingerprint density at radius 2 is 1.95 bits per heavy atom. The van der Waals surface area contributed by atoms with Crippen molar-refractivity contribution in [3.63, 3.8) is 0 Å². The van der Waals surface area contributed by atoms with E-state index in [9.17, 15) is 19.7 Å².